The summed E-state index contributed by atoms with van der Waals surface area (Å²) in [5.41, 5.74) is 1.82. The van der Waals surface area contributed by atoms with E-state index in [4.69, 9.17) is 0 Å². The second-order valence-corrected chi connectivity index (χ2v) is 5.81. The Bertz CT molecular complexity index is 251. The minimum absolute atomic E-state index is 0.848. The van der Waals surface area contributed by atoms with Gasteiger partial charge < -0.3 is 0 Å². The van der Waals surface area contributed by atoms with Gasteiger partial charge in [-0.3, -0.25) is 0 Å². The van der Waals surface area contributed by atoms with E-state index in [2.05, 4.69) is 13.8 Å². The van der Waals surface area contributed by atoms with Crippen LogP contribution in [-0.4, -0.2) is 0 Å². The molecule has 0 aromatic rings. The van der Waals surface area contributed by atoms with Crippen LogP contribution in [0.25, 0.3) is 0 Å². The molecule has 5 atom stereocenters. The zero-order valence-corrected chi connectivity index (χ0v) is 7.43. The zero-order chi connectivity index (χ0) is 7.43. The van der Waals surface area contributed by atoms with Gasteiger partial charge in [0.05, 0.1) is 0 Å². The van der Waals surface area contributed by atoms with Crippen LogP contribution in [0.1, 0.15) is 33.1 Å². The Morgan fingerprint density at radius 3 is 2.45 bits per heavy atom. The van der Waals surface area contributed by atoms with Gasteiger partial charge in [-0.1, -0.05) is 13.8 Å². The fourth-order valence-electron chi connectivity index (χ4n) is 4.94. The van der Waals surface area contributed by atoms with Crippen molar-refractivity contribution in [2.45, 2.75) is 33.1 Å². The van der Waals surface area contributed by atoms with E-state index >= 15 is 0 Å². The summed E-state index contributed by atoms with van der Waals surface area (Å²) < 4.78 is 0. The molecule has 60 valence electrons. The standard InChI is InChI=1S/C11H16/c1-6-7-5-8-9(10(6,7)2)11(8)3-4-11/h6-9H,3-5H2,1-2H3. The molecule has 0 radical (unpaired) electrons. The fourth-order valence-corrected chi connectivity index (χ4v) is 4.94. The second kappa shape index (κ2) is 1.11. The van der Waals surface area contributed by atoms with Crippen LogP contribution < -0.4 is 0 Å². The van der Waals surface area contributed by atoms with E-state index in [-0.39, 0.29) is 0 Å². The third kappa shape index (κ3) is 0.346. The number of hydrogen-bond donors (Lipinski definition) is 0. The van der Waals surface area contributed by atoms with Gasteiger partial charge in [0.15, 0.2) is 0 Å². The lowest BCUT2D eigenvalue weighted by molar-refractivity contribution is 0.406. The van der Waals surface area contributed by atoms with Gasteiger partial charge in [0.1, 0.15) is 0 Å². The van der Waals surface area contributed by atoms with E-state index in [1.807, 2.05) is 0 Å². The molecular weight excluding hydrogens is 132 g/mol. The van der Waals surface area contributed by atoms with Crippen LogP contribution in [0.3, 0.4) is 0 Å². The topological polar surface area (TPSA) is 0 Å². The average Bonchev–Trinajstić information content (AvgIpc) is 2.90. The van der Waals surface area contributed by atoms with Gasteiger partial charge in [0, 0.05) is 0 Å². The number of hydrogen-bond acceptors (Lipinski definition) is 0. The fraction of sp³-hybridized carbons (Fsp3) is 1.00. The normalized spacial score (nSPS) is 72.5. The summed E-state index contributed by atoms with van der Waals surface area (Å²) in [5, 5.41) is 0. The zero-order valence-electron chi connectivity index (χ0n) is 7.43. The van der Waals surface area contributed by atoms with Gasteiger partial charge in [-0.25, -0.2) is 0 Å². The lowest BCUT2D eigenvalue weighted by Gasteiger charge is -2.07. The van der Waals surface area contributed by atoms with E-state index in [1.165, 1.54) is 11.8 Å². The molecule has 4 saturated carbocycles. The molecule has 11 heavy (non-hydrogen) atoms. The monoisotopic (exact) mass is 148 g/mol. The van der Waals surface area contributed by atoms with E-state index in [9.17, 15) is 0 Å². The Hall–Kier alpha value is 0. The summed E-state index contributed by atoms with van der Waals surface area (Å²) in [4.78, 5) is 0. The first-order valence-electron chi connectivity index (χ1n) is 5.21. The molecule has 0 heterocycles. The van der Waals surface area contributed by atoms with Gasteiger partial charge in [-0.05, 0) is 53.8 Å². The van der Waals surface area contributed by atoms with Crippen molar-refractivity contribution in [3.63, 3.8) is 0 Å². The molecule has 0 N–H and O–H groups in total. The maximum atomic E-state index is 2.57. The smallest absolute Gasteiger partial charge is 0.0229 e. The van der Waals surface area contributed by atoms with Crippen LogP contribution in [-0.2, 0) is 0 Å². The minimum Gasteiger partial charge on any atom is -0.0617 e. The maximum Gasteiger partial charge on any atom is -0.0229 e. The molecule has 0 bridgehead atoms. The summed E-state index contributed by atoms with van der Waals surface area (Å²) in [6.07, 6.45) is 4.80. The summed E-state index contributed by atoms with van der Waals surface area (Å²) >= 11 is 0. The van der Waals surface area contributed by atoms with Crippen molar-refractivity contribution in [3.05, 3.63) is 0 Å². The lowest BCUT2D eigenvalue weighted by atomic mass is 9.97. The number of rotatable bonds is 0. The maximum absolute atomic E-state index is 2.57. The Morgan fingerprint density at radius 2 is 1.91 bits per heavy atom. The Labute approximate surface area is 68.4 Å². The molecule has 0 amide bonds. The van der Waals surface area contributed by atoms with Crippen LogP contribution in [0.5, 0.6) is 0 Å². The van der Waals surface area contributed by atoms with E-state index in [1.54, 1.807) is 19.3 Å². The van der Waals surface area contributed by atoms with Gasteiger partial charge in [0.25, 0.3) is 0 Å². The molecule has 0 heteroatoms. The van der Waals surface area contributed by atoms with Crippen molar-refractivity contribution in [1.82, 2.24) is 0 Å². The van der Waals surface area contributed by atoms with Gasteiger partial charge >= 0.3 is 0 Å². The predicted octanol–water partition coefficient (Wildman–Crippen LogP) is 2.69. The predicted molar refractivity (Wildman–Crippen MR) is 44.0 cm³/mol. The SMILES string of the molecule is CC1C2CC3C(C34CC4)C12C. The summed E-state index contributed by atoms with van der Waals surface area (Å²) in [5.74, 6) is 4.66. The largest absolute Gasteiger partial charge is 0.0617 e. The Kier molecular flexibility index (Phi) is 0.567. The molecule has 4 aliphatic rings. The van der Waals surface area contributed by atoms with Crippen LogP contribution in [0.15, 0.2) is 0 Å². The molecule has 1 spiro atoms. The van der Waals surface area contributed by atoms with Gasteiger partial charge in [-0.2, -0.15) is 0 Å². The lowest BCUT2D eigenvalue weighted by Crippen LogP contribution is -2.02. The first-order chi connectivity index (χ1) is 5.21. The van der Waals surface area contributed by atoms with Crippen molar-refractivity contribution in [3.8, 4) is 0 Å². The van der Waals surface area contributed by atoms with Gasteiger partial charge in [-0.15, -0.1) is 0 Å². The highest BCUT2D eigenvalue weighted by atomic mass is 14.9. The molecule has 0 aliphatic heterocycles. The van der Waals surface area contributed by atoms with Crippen molar-refractivity contribution in [1.29, 1.82) is 0 Å². The molecule has 0 aromatic carbocycles. The van der Waals surface area contributed by atoms with Crippen LogP contribution in [0.2, 0.25) is 0 Å². The Morgan fingerprint density at radius 1 is 1.18 bits per heavy atom. The molecule has 4 aliphatic carbocycles. The van der Waals surface area contributed by atoms with E-state index in [0.717, 1.165) is 22.7 Å². The highest BCUT2D eigenvalue weighted by Crippen LogP contribution is 2.93. The first kappa shape index (κ1) is 5.61. The number of fused-ring (bicyclic) bond motifs is 5. The van der Waals surface area contributed by atoms with Crippen molar-refractivity contribution < 1.29 is 0 Å². The molecule has 0 aromatic heterocycles. The second-order valence-electron chi connectivity index (χ2n) is 5.81. The third-order valence-corrected chi connectivity index (χ3v) is 5.93. The molecule has 4 rings (SSSR count). The minimum atomic E-state index is 0.848. The van der Waals surface area contributed by atoms with E-state index < -0.39 is 0 Å². The van der Waals surface area contributed by atoms with Crippen molar-refractivity contribution >= 4 is 0 Å². The summed E-state index contributed by atoms with van der Waals surface area (Å²) in [7, 11) is 0. The van der Waals surface area contributed by atoms with Crippen molar-refractivity contribution in [2.75, 3.05) is 0 Å². The van der Waals surface area contributed by atoms with E-state index in [0.29, 0.717) is 0 Å². The molecule has 0 nitrogen and oxygen atoms in total. The third-order valence-electron chi connectivity index (χ3n) is 5.93. The van der Waals surface area contributed by atoms with Crippen LogP contribution in [0, 0.1) is 34.5 Å². The molecular formula is C11H16. The molecule has 4 fully saturated rings. The molecule has 5 unspecified atom stereocenters. The van der Waals surface area contributed by atoms with Gasteiger partial charge in [0.2, 0.25) is 0 Å². The summed E-state index contributed by atoms with van der Waals surface area (Å²) in [6, 6.07) is 0. The highest BCUT2D eigenvalue weighted by molar-refractivity contribution is 5.35. The van der Waals surface area contributed by atoms with Crippen molar-refractivity contribution in [2.24, 2.45) is 34.5 Å². The average molecular weight is 148 g/mol. The summed E-state index contributed by atoms with van der Waals surface area (Å²) in [6.45, 7) is 5.05. The molecule has 0 saturated heterocycles. The van der Waals surface area contributed by atoms with Crippen LogP contribution in [0.4, 0.5) is 0 Å². The quantitative estimate of drug-likeness (QED) is 0.495. The van der Waals surface area contributed by atoms with Crippen LogP contribution >= 0.6 is 0 Å². The Balaban J connectivity index is 1.79. The first-order valence-corrected chi connectivity index (χ1v) is 5.21. The highest BCUT2D eigenvalue weighted by Gasteiger charge is 2.87.